The number of rotatable bonds is 5. The van der Waals surface area contributed by atoms with Crippen molar-refractivity contribution in [3.8, 4) is 5.75 Å². The van der Waals surface area contributed by atoms with Gasteiger partial charge in [0.25, 0.3) is 5.91 Å². The van der Waals surface area contributed by atoms with Gasteiger partial charge in [0.2, 0.25) is 5.91 Å². The first kappa shape index (κ1) is 14.2. The molecule has 1 saturated heterocycles. The van der Waals surface area contributed by atoms with Crippen LogP contribution < -0.4 is 21.1 Å². The minimum Gasteiger partial charge on any atom is -0.491 e. The molecule has 0 aromatic heterocycles. The van der Waals surface area contributed by atoms with Crippen molar-refractivity contribution in [1.82, 2.24) is 10.6 Å². The zero-order valence-corrected chi connectivity index (χ0v) is 11.4. The number of carbonyl (C=O) groups is 2. The lowest BCUT2D eigenvalue weighted by Gasteiger charge is -2.14. The maximum Gasteiger partial charge on any atom is 0.255 e. The fourth-order valence-electron chi connectivity index (χ4n) is 2.18. The standard InChI is InChI=1S/C14H19N3O3/c1-2-20-13-10(4-3-5-11(13)15)14(19)16-8-9-6-7-12(18)17-9/h3-5,9H,2,6-8,15H2,1H3,(H,16,19)(H,17,18). The average molecular weight is 277 g/mol. The molecule has 1 aromatic carbocycles. The Labute approximate surface area is 117 Å². The molecule has 1 aromatic rings. The third-order valence-electron chi connectivity index (χ3n) is 3.17. The predicted octanol–water partition coefficient (Wildman–Crippen LogP) is 0.676. The highest BCUT2D eigenvalue weighted by molar-refractivity contribution is 5.98. The van der Waals surface area contributed by atoms with Gasteiger partial charge in [0.15, 0.2) is 5.75 Å². The molecule has 0 radical (unpaired) electrons. The Balaban J connectivity index is 2.01. The first-order valence-electron chi connectivity index (χ1n) is 6.70. The van der Waals surface area contributed by atoms with Crippen LogP contribution in [0, 0.1) is 0 Å². The molecular weight excluding hydrogens is 258 g/mol. The van der Waals surface area contributed by atoms with Gasteiger partial charge in [-0.3, -0.25) is 9.59 Å². The third-order valence-corrected chi connectivity index (χ3v) is 3.17. The summed E-state index contributed by atoms with van der Waals surface area (Å²) in [5.41, 5.74) is 6.67. The number of carbonyl (C=O) groups excluding carboxylic acids is 2. The second-order valence-electron chi connectivity index (χ2n) is 4.67. The molecule has 1 aliphatic heterocycles. The van der Waals surface area contributed by atoms with Crippen LogP contribution in [0.2, 0.25) is 0 Å². The zero-order chi connectivity index (χ0) is 14.5. The van der Waals surface area contributed by atoms with Gasteiger partial charge in [-0.2, -0.15) is 0 Å². The number of hydrogen-bond acceptors (Lipinski definition) is 4. The van der Waals surface area contributed by atoms with Crippen molar-refractivity contribution < 1.29 is 14.3 Å². The first-order chi connectivity index (χ1) is 9.61. The molecular formula is C14H19N3O3. The van der Waals surface area contributed by atoms with E-state index in [0.717, 1.165) is 6.42 Å². The molecule has 6 heteroatoms. The number of nitrogens with two attached hydrogens (primary N) is 1. The van der Waals surface area contributed by atoms with E-state index >= 15 is 0 Å². The number of nitrogen functional groups attached to an aromatic ring is 1. The molecule has 0 spiro atoms. The van der Waals surface area contributed by atoms with Crippen LogP contribution in [-0.4, -0.2) is 31.0 Å². The van der Waals surface area contributed by atoms with Crippen molar-refractivity contribution in [3.63, 3.8) is 0 Å². The average Bonchev–Trinajstić information content (AvgIpc) is 2.84. The quantitative estimate of drug-likeness (QED) is 0.690. The minimum absolute atomic E-state index is 0.00283. The number of hydrogen-bond donors (Lipinski definition) is 3. The maximum atomic E-state index is 12.2. The molecule has 0 aliphatic carbocycles. The van der Waals surface area contributed by atoms with Crippen LogP contribution >= 0.6 is 0 Å². The SMILES string of the molecule is CCOc1c(N)cccc1C(=O)NCC1CCC(=O)N1. The highest BCUT2D eigenvalue weighted by atomic mass is 16.5. The highest BCUT2D eigenvalue weighted by Crippen LogP contribution is 2.26. The fraction of sp³-hybridized carbons (Fsp3) is 0.429. The summed E-state index contributed by atoms with van der Waals surface area (Å²) >= 11 is 0. The van der Waals surface area contributed by atoms with Crippen LogP contribution in [-0.2, 0) is 4.79 Å². The Morgan fingerprint density at radius 3 is 3.00 bits per heavy atom. The van der Waals surface area contributed by atoms with E-state index < -0.39 is 0 Å². The zero-order valence-electron chi connectivity index (χ0n) is 11.4. The van der Waals surface area contributed by atoms with Crippen molar-refractivity contribution in [3.05, 3.63) is 23.8 Å². The Morgan fingerprint density at radius 2 is 2.35 bits per heavy atom. The molecule has 0 bridgehead atoms. The van der Waals surface area contributed by atoms with Crippen LogP contribution in [0.3, 0.4) is 0 Å². The monoisotopic (exact) mass is 277 g/mol. The number of benzene rings is 1. The predicted molar refractivity (Wildman–Crippen MR) is 75.5 cm³/mol. The van der Waals surface area contributed by atoms with E-state index in [1.54, 1.807) is 18.2 Å². The summed E-state index contributed by atoms with van der Waals surface area (Å²) < 4.78 is 5.42. The van der Waals surface area contributed by atoms with Gasteiger partial charge in [0.1, 0.15) is 0 Å². The van der Waals surface area contributed by atoms with Gasteiger partial charge in [-0.05, 0) is 25.5 Å². The summed E-state index contributed by atoms with van der Waals surface area (Å²) in [4.78, 5) is 23.3. The summed E-state index contributed by atoms with van der Waals surface area (Å²) in [5.74, 6) is 0.188. The first-order valence-corrected chi connectivity index (χ1v) is 6.70. The van der Waals surface area contributed by atoms with E-state index in [0.29, 0.717) is 36.6 Å². The van der Waals surface area contributed by atoms with E-state index in [4.69, 9.17) is 10.5 Å². The summed E-state index contributed by atoms with van der Waals surface area (Å²) in [6.45, 7) is 2.68. The van der Waals surface area contributed by atoms with Crippen LogP contribution in [0.1, 0.15) is 30.1 Å². The molecule has 0 saturated carbocycles. The van der Waals surface area contributed by atoms with Gasteiger partial charge in [0.05, 0.1) is 17.9 Å². The van der Waals surface area contributed by atoms with Gasteiger partial charge in [-0.1, -0.05) is 6.07 Å². The lowest BCUT2D eigenvalue weighted by atomic mass is 10.1. The van der Waals surface area contributed by atoms with E-state index in [9.17, 15) is 9.59 Å². The number of para-hydroxylation sites is 1. The smallest absolute Gasteiger partial charge is 0.255 e. The summed E-state index contributed by atoms with van der Waals surface area (Å²) in [5, 5.41) is 5.60. The third kappa shape index (κ3) is 3.20. The van der Waals surface area contributed by atoms with Crippen molar-refractivity contribution >= 4 is 17.5 Å². The van der Waals surface area contributed by atoms with Gasteiger partial charge >= 0.3 is 0 Å². The normalized spacial score (nSPS) is 17.6. The van der Waals surface area contributed by atoms with Crippen LogP contribution in [0.4, 0.5) is 5.69 Å². The fourth-order valence-corrected chi connectivity index (χ4v) is 2.18. The van der Waals surface area contributed by atoms with Gasteiger partial charge in [0, 0.05) is 19.0 Å². The summed E-state index contributed by atoms with van der Waals surface area (Å²) in [6.07, 6.45) is 1.26. The Bertz CT molecular complexity index is 516. The Kier molecular flexibility index (Phi) is 4.45. The maximum absolute atomic E-state index is 12.2. The molecule has 108 valence electrons. The molecule has 2 amide bonds. The number of nitrogens with one attached hydrogen (secondary N) is 2. The lowest BCUT2D eigenvalue weighted by Crippen LogP contribution is -2.38. The molecule has 1 heterocycles. The highest BCUT2D eigenvalue weighted by Gasteiger charge is 2.22. The number of anilines is 1. The molecule has 1 unspecified atom stereocenters. The van der Waals surface area contributed by atoms with Crippen LogP contribution in [0.5, 0.6) is 5.75 Å². The minimum atomic E-state index is -0.248. The van der Waals surface area contributed by atoms with Crippen LogP contribution in [0.15, 0.2) is 18.2 Å². The lowest BCUT2D eigenvalue weighted by molar-refractivity contribution is -0.119. The number of amides is 2. The van der Waals surface area contributed by atoms with E-state index in [-0.39, 0.29) is 17.9 Å². The number of ether oxygens (including phenoxy) is 1. The van der Waals surface area contributed by atoms with E-state index in [1.165, 1.54) is 0 Å². The van der Waals surface area contributed by atoms with Crippen molar-refractivity contribution in [2.45, 2.75) is 25.8 Å². The molecule has 1 aliphatic rings. The van der Waals surface area contributed by atoms with Gasteiger partial charge in [-0.15, -0.1) is 0 Å². The molecule has 1 fully saturated rings. The van der Waals surface area contributed by atoms with Crippen molar-refractivity contribution in [2.75, 3.05) is 18.9 Å². The van der Waals surface area contributed by atoms with Gasteiger partial charge in [-0.25, -0.2) is 0 Å². The molecule has 2 rings (SSSR count). The van der Waals surface area contributed by atoms with Crippen LogP contribution in [0.25, 0.3) is 0 Å². The second-order valence-corrected chi connectivity index (χ2v) is 4.67. The molecule has 20 heavy (non-hydrogen) atoms. The summed E-state index contributed by atoms with van der Waals surface area (Å²) in [6, 6.07) is 5.08. The molecule has 4 N–H and O–H groups in total. The Morgan fingerprint density at radius 1 is 1.55 bits per heavy atom. The Hall–Kier alpha value is -2.24. The largest absolute Gasteiger partial charge is 0.491 e. The van der Waals surface area contributed by atoms with E-state index in [2.05, 4.69) is 10.6 Å². The van der Waals surface area contributed by atoms with Crippen molar-refractivity contribution in [2.24, 2.45) is 0 Å². The second kappa shape index (κ2) is 6.27. The van der Waals surface area contributed by atoms with Gasteiger partial charge < -0.3 is 21.1 Å². The summed E-state index contributed by atoms with van der Waals surface area (Å²) in [7, 11) is 0. The van der Waals surface area contributed by atoms with E-state index in [1.807, 2.05) is 6.92 Å². The molecule has 1 atom stereocenters. The van der Waals surface area contributed by atoms with Crippen molar-refractivity contribution in [1.29, 1.82) is 0 Å². The molecule has 6 nitrogen and oxygen atoms in total. The topological polar surface area (TPSA) is 93.4 Å².